The molecule has 0 aliphatic carbocycles. The van der Waals surface area contributed by atoms with Gasteiger partial charge in [0.05, 0.1) is 19.4 Å². The van der Waals surface area contributed by atoms with Gasteiger partial charge < -0.3 is 25.7 Å². The molecule has 8 nitrogen and oxygen atoms in total. The second kappa shape index (κ2) is 12.0. The fourth-order valence-corrected chi connectivity index (χ4v) is 3.43. The number of furan rings is 1. The summed E-state index contributed by atoms with van der Waals surface area (Å²) in [6, 6.07) is 26.8. The number of carbonyl (C=O) groups is 3. The van der Waals surface area contributed by atoms with Crippen molar-refractivity contribution in [1.29, 1.82) is 0 Å². The van der Waals surface area contributed by atoms with E-state index in [2.05, 4.69) is 21.3 Å². The first-order valence-electron chi connectivity index (χ1n) is 11.4. The number of rotatable bonds is 10. The molecule has 0 bridgehead atoms. The van der Waals surface area contributed by atoms with Gasteiger partial charge >= 0.3 is 0 Å². The van der Waals surface area contributed by atoms with Crippen LogP contribution < -0.4 is 21.3 Å². The van der Waals surface area contributed by atoms with E-state index >= 15 is 0 Å². The van der Waals surface area contributed by atoms with Crippen LogP contribution in [0.5, 0.6) is 0 Å². The van der Waals surface area contributed by atoms with Gasteiger partial charge in [0.15, 0.2) is 0 Å². The summed E-state index contributed by atoms with van der Waals surface area (Å²) in [6.45, 7) is 0.743. The Balaban J connectivity index is 1.23. The van der Waals surface area contributed by atoms with Gasteiger partial charge in [-0.05, 0) is 60.2 Å². The van der Waals surface area contributed by atoms with Crippen molar-refractivity contribution in [2.24, 2.45) is 0 Å². The van der Waals surface area contributed by atoms with Gasteiger partial charge in [0.1, 0.15) is 5.76 Å². The van der Waals surface area contributed by atoms with Crippen molar-refractivity contribution >= 4 is 29.1 Å². The Labute approximate surface area is 208 Å². The lowest BCUT2D eigenvalue weighted by Gasteiger charge is -2.10. The van der Waals surface area contributed by atoms with E-state index in [4.69, 9.17) is 4.42 Å². The third kappa shape index (κ3) is 7.07. The van der Waals surface area contributed by atoms with Gasteiger partial charge in [-0.1, -0.05) is 36.4 Å². The quantitative estimate of drug-likeness (QED) is 0.271. The number of anilines is 2. The molecule has 0 saturated heterocycles. The Hall–Kier alpha value is -4.85. The van der Waals surface area contributed by atoms with Crippen LogP contribution in [0.25, 0.3) is 0 Å². The molecule has 4 N–H and O–H groups in total. The van der Waals surface area contributed by atoms with Gasteiger partial charge in [0.2, 0.25) is 5.91 Å². The standard InChI is InChI=1S/C28H26N4O4/c33-26(19-29-24-9-4-8-22(16-24)28(35)31-18-25-10-5-15-36-25)32-23-13-11-21(12-14-23)27(34)30-17-20-6-2-1-3-7-20/h1-16,29H,17-19H2,(H,30,34)(H,31,35)(H,32,33). The average molecular weight is 483 g/mol. The topological polar surface area (TPSA) is 112 Å². The van der Waals surface area contributed by atoms with Gasteiger partial charge in [-0.15, -0.1) is 0 Å². The van der Waals surface area contributed by atoms with Crippen LogP contribution in [-0.4, -0.2) is 24.3 Å². The largest absolute Gasteiger partial charge is 0.467 e. The van der Waals surface area contributed by atoms with Crippen molar-refractivity contribution in [1.82, 2.24) is 10.6 Å². The van der Waals surface area contributed by atoms with Crippen LogP contribution in [0.4, 0.5) is 11.4 Å². The average Bonchev–Trinajstić information content (AvgIpc) is 3.44. The fourth-order valence-electron chi connectivity index (χ4n) is 3.43. The maximum Gasteiger partial charge on any atom is 0.251 e. The summed E-state index contributed by atoms with van der Waals surface area (Å²) in [5, 5.41) is 11.5. The molecule has 182 valence electrons. The van der Waals surface area contributed by atoms with Crippen molar-refractivity contribution in [3.63, 3.8) is 0 Å². The van der Waals surface area contributed by atoms with Crippen LogP contribution in [0.2, 0.25) is 0 Å². The highest BCUT2D eigenvalue weighted by atomic mass is 16.3. The third-order valence-electron chi connectivity index (χ3n) is 5.31. The molecule has 0 unspecified atom stereocenters. The van der Waals surface area contributed by atoms with Crippen LogP contribution in [0.1, 0.15) is 32.0 Å². The highest BCUT2D eigenvalue weighted by molar-refractivity contribution is 5.97. The van der Waals surface area contributed by atoms with Crippen LogP contribution in [-0.2, 0) is 17.9 Å². The summed E-state index contributed by atoms with van der Waals surface area (Å²) >= 11 is 0. The third-order valence-corrected chi connectivity index (χ3v) is 5.31. The number of carbonyl (C=O) groups excluding carboxylic acids is 3. The van der Waals surface area contributed by atoms with Crippen molar-refractivity contribution in [2.75, 3.05) is 17.2 Å². The molecule has 3 amide bonds. The molecule has 3 aromatic carbocycles. The summed E-state index contributed by atoms with van der Waals surface area (Å²) in [5.41, 5.74) is 3.20. The van der Waals surface area contributed by atoms with Crippen molar-refractivity contribution < 1.29 is 18.8 Å². The predicted molar refractivity (Wildman–Crippen MR) is 137 cm³/mol. The fraction of sp³-hybridized carbons (Fsp3) is 0.107. The molecule has 0 spiro atoms. The smallest absolute Gasteiger partial charge is 0.251 e. The van der Waals surface area contributed by atoms with Crippen molar-refractivity contribution in [3.05, 3.63) is 120 Å². The van der Waals surface area contributed by atoms with E-state index < -0.39 is 0 Å². The minimum Gasteiger partial charge on any atom is -0.467 e. The number of hydrogen-bond donors (Lipinski definition) is 4. The van der Waals surface area contributed by atoms with Crippen LogP contribution >= 0.6 is 0 Å². The second-order valence-electron chi connectivity index (χ2n) is 7.99. The van der Waals surface area contributed by atoms with E-state index in [9.17, 15) is 14.4 Å². The van der Waals surface area contributed by atoms with Gasteiger partial charge in [0.25, 0.3) is 11.8 Å². The SMILES string of the molecule is O=C(CNc1cccc(C(=O)NCc2ccco2)c1)Nc1ccc(C(=O)NCc2ccccc2)cc1. The zero-order valence-corrected chi connectivity index (χ0v) is 19.5. The van der Waals surface area contributed by atoms with Gasteiger partial charge in [-0.2, -0.15) is 0 Å². The zero-order valence-electron chi connectivity index (χ0n) is 19.5. The zero-order chi connectivity index (χ0) is 25.2. The van der Waals surface area contributed by atoms with Gasteiger partial charge in [0, 0.05) is 29.0 Å². The Morgan fingerprint density at radius 1 is 0.667 bits per heavy atom. The first-order valence-corrected chi connectivity index (χ1v) is 11.4. The Bertz CT molecular complexity index is 1300. The summed E-state index contributed by atoms with van der Waals surface area (Å²) < 4.78 is 5.21. The summed E-state index contributed by atoms with van der Waals surface area (Å²) in [5.74, 6) is -0.0297. The molecule has 0 saturated carbocycles. The summed E-state index contributed by atoms with van der Waals surface area (Å²) in [7, 11) is 0. The highest BCUT2D eigenvalue weighted by Crippen LogP contribution is 2.13. The molecule has 36 heavy (non-hydrogen) atoms. The first-order chi connectivity index (χ1) is 17.6. The lowest BCUT2D eigenvalue weighted by Crippen LogP contribution is -2.24. The molecular formula is C28H26N4O4. The number of nitrogens with one attached hydrogen (secondary N) is 4. The predicted octanol–water partition coefficient (Wildman–Crippen LogP) is 4.19. The van der Waals surface area contributed by atoms with Crippen molar-refractivity contribution in [3.8, 4) is 0 Å². The van der Waals surface area contributed by atoms with E-state index in [-0.39, 0.29) is 24.3 Å². The molecule has 0 aliphatic rings. The summed E-state index contributed by atoms with van der Waals surface area (Å²) in [4.78, 5) is 37.1. The Morgan fingerprint density at radius 2 is 1.42 bits per heavy atom. The van der Waals surface area contributed by atoms with E-state index in [0.29, 0.717) is 41.4 Å². The van der Waals surface area contributed by atoms with Crippen LogP contribution in [0, 0.1) is 0 Å². The van der Waals surface area contributed by atoms with E-state index in [1.807, 2.05) is 30.3 Å². The molecule has 0 fully saturated rings. The number of hydrogen-bond acceptors (Lipinski definition) is 5. The molecule has 1 aromatic heterocycles. The molecule has 1 heterocycles. The molecule has 4 rings (SSSR count). The Morgan fingerprint density at radius 3 is 2.17 bits per heavy atom. The minimum absolute atomic E-state index is 0.0107. The number of amides is 3. The second-order valence-corrected chi connectivity index (χ2v) is 7.99. The van der Waals surface area contributed by atoms with Crippen molar-refractivity contribution in [2.45, 2.75) is 13.1 Å². The molecule has 8 heteroatoms. The van der Waals surface area contributed by atoms with E-state index in [1.54, 1.807) is 66.9 Å². The maximum absolute atomic E-state index is 12.4. The van der Waals surface area contributed by atoms with E-state index in [1.165, 1.54) is 0 Å². The minimum atomic E-state index is -0.260. The first kappa shape index (κ1) is 24.3. The van der Waals surface area contributed by atoms with Gasteiger partial charge in [-0.3, -0.25) is 14.4 Å². The number of benzene rings is 3. The maximum atomic E-state index is 12.4. The molecule has 0 radical (unpaired) electrons. The molecule has 0 atom stereocenters. The van der Waals surface area contributed by atoms with Crippen LogP contribution in [0.15, 0.2) is 102 Å². The summed E-state index contributed by atoms with van der Waals surface area (Å²) in [6.07, 6.45) is 1.55. The van der Waals surface area contributed by atoms with E-state index in [0.717, 1.165) is 5.56 Å². The van der Waals surface area contributed by atoms with Crippen LogP contribution in [0.3, 0.4) is 0 Å². The molecule has 4 aromatic rings. The Kier molecular flexibility index (Phi) is 8.11. The lowest BCUT2D eigenvalue weighted by atomic mass is 10.1. The highest BCUT2D eigenvalue weighted by Gasteiger charge is 2.09. The molecular weight excluding hydrogens is 456 g/mol. The molecule has 0 aliphatic heterocycles. The monoisotopic (exact) mass is 482 g/mol. The normalized spacial score (nSPS) is 10.3. The lowest BCUT2D eigenvalue weighted by molar-refractivity contribution is -0.114. The van der Waals surface area contributed by atoms with Gasteiger partial charge in [-0.25, -0.2) is 0 Å².